The highest BCUT2D eigenvalue weighted by atomic mass is 16.5. The zero-order valence-corrected chi connectivity index (χ0v) is 10.7. The molecular formula is C16H20N2O2. The number of nitrogen functional groups attached to an aromatic ring is 1. The summed E-state index contributed by atoms with van der Waals surface area (Å²) in [4.78, 5) is 0.461. The normalized spacial score (nSPS) is 32.4. The van der Waals surface area contributed by atoms with E-state index in [1.54, 1.807) is 24.3 Å². The van der Waals surface area contributed by atoms with Gasteiger partial charge in [-0.25, -0.2) is 0 Å². The number of ether oxygens (including phenoxy) is 2. The summed E-state index contributed by atoms with van der Waals surface area (Å²) >= 11 is 0. The first-order chi connectivity index (χ1) is 12.8. The van der Waals surface area contributed by atoms with Crippen LogP contribution in [0.1, 0.15) is 11.0 Å². The number of hydrogen-bond acceptors (Lipinski definition) is 4. The predicted octanol–water partition coefficient (Wildman–Crippen LogP) is 2.13. The molecule has 0 spiro atoms. The average Bonchev–Trinajstić information content (AvgIpc) is 2.58. The van der Waals surface area contributed by atoms with Gasteiger partial charge in [0.05, 0.1) is 18.6 Å². The van der Waals surface area contributed by atoms with E-state index in [1.165, 1.54) is 0 Å². The Morgan fingerprint density at radius 1 is 1.15 bits per heavy atom. The van der Waals surface area contributed by atoms with Gasteiger partial charge in [-0.05, 0) is 12.1 Å². The zero-order chi connectivity index (χ0) is 21.0. The molecule has 0 amide bonds. The summed E-state index contributed by atoms with van der Waals surface area (Å²) in [6, 6.07) is 10.5. The number of nitrogens with zero attached hydrogens (tertiary/aromatic N) is 1. The second-order valence-corrected chi connectivity index (χ2v) is 4.23. The molecule has 0 saturated carbocycles. The van der Waals surface area contributed by atoms with E-state index in [2.05, 4.69) is 4.74 Å². The van der Waals surface area contributed by atoms with Crippen molar-refractivity contribution in [2.24, 2.45) is 0 Å². The van der Waals surface area contributed by atoms with E-state index in [0.717, 1.165) is 10.8 Å². The number of hydrogen-bond donors (Lipinski definition) is 1. The third-order valence-corrected chi connectivity index (χ3v) is 2.95. The van der Waals surface area contributed by atoms with Crippen LogP contribution >= 0.6 is 0 Å². The number of rotatable bonds is 4. The van der Waals surface area contributed by atoms with Gasteiger partial charge in [-0.15, -0.1) is 0 Å². The summed E-state index contributed by atoms with van der Waals surface area (Å²) in [5, 5.41) is 1.49. The molecule has 0 radical (unpaired) electrons. The van der Waals surface area contributed by atoms with Crippen molar-refractivity contribution in [3.05, 3.63) is 36.4 Å². The van der Waals surface area contributed by atoms with Crippen molar-refractivity contribution in [3.63, 3.8) is 0 Å². The molecule has 1 heterocycles. The first-order valence-corrected chi connectivity index (χ1v) is 6.19. The van der Waals surface area contributed by atoms with Crippen LogP contribution in [-0.4, -0.2) is 44.2 Å². The molecule has 20 heavy (non-hydrogen) atoms. The van der Waals surface area contributed by atoms with Gasteiger partial charge in [0.2, 0.25) is 0 Å². The first-order valence-electron chi connectivity index (χ1n) is 10.2. The van der Waals surface area contributed by atoms with Gasteiger partial charge in [0.25, 0.3) is 0 Å². The van der Waals surface area contributed by atoms with Crippen LogP contribution < -0.4 is 10.5 Å². The maximum Gasteiger partial charge on any atom is 0.127 e. The molecular weight excluding hydrogens is 252 g/mol. The van der Waals surface area contributed by atoms with Crippen molar-refractivity contribution in [1.29, 1.82) is 0 Å². The van der Waals surface area contributed by atoms with Crippen molar-refractivity contribution in [2.75, 3.05) is 45.0 Å². The van der Waals surface area contributed by atoms with Gasteiger partial charge in [-0.3, -0.25) is 4.90 Å². The van der Waals surface area contributed by atoms with E-state index in [1.807, 2.05) is 12.1 Å². The summed E-state index contributed by atoms with van der Waals surface area (Å²) in [5.74, 6) is 0.449. The van der Waals surface area contributed by atoms with Gasteiger partial charge < -0.3 is 15.2 Å². The Labute approximate surface area is 130 Å². The van der Waals surface area contributed by atoms with Crippen LogP contribution in [-0.2, 0) is 4.74 Å². The zero-order valence-electron chi connectivity index (χ0n) is 18.7. The van der Waals surface area contributed by atoms with Gasteiger partial charge in [0.1, 0.15) is 12.4 Å². The second-order valence-electron chi connectivity index (χ2n) is 4.23. The Morgan fingerprint density at radius 3 is 2.70 bits per heavy atom. The molecule has 2 aromatic rings. The molecule has 0 aliphatic carbocycles. The minimum Gasteiger partial charge on any atom is -0.492 e. The van der Waals surface area contributed by atoms with E-state index in [9.17, 15) is 0 Å². The molecule has 4 heteroatoms. The number of fused-ring (bicyclic) bond motifs is 1. The van der Waals surface area contributed by atoms with Crippen LogP contribution in [0.15, 0.2) is 36.4 Å². The summed E-state index contributed by atoms with van der Waals surface area (Å²) in [6.07, 6.45) is 0. The van der Waals surface area contributed by atoms with E-state index >= 15 is 0 Å². The summed E-state index contributed by atoms with van der Waals surface area (Å²) in [7, 11) is 0. The lowest BCUT2D eigenvalue weighted by Gasteiger charge is -2.26. The molecule has 0 atom stereocenters. The van der Waals surface area contributed by atoms with Crippen molar-refractivity contribution in [3.8, 4) is 5.75 Å². The Bertz CT molecular complexity index is 864. The Balaban J connectivity index is 1.84. The molecule has 0 bridgehead atoms. The minimum atomic E-state index is -3.06. The Kier molecular flexibility index (Phi) is 2.07. The molecule has 1 aliphatic rings. The molecule has 0 aromatic heterocycles. The Hall–Kier alpha value is -1.78. The van der Waals surface area contributed by atoms with E-state index in [4.69, 9.17) is 21.4 Å². The predicted molar refractivity (Wildman–Crippen MR) is 81.1 cm³/mol. The van der Waals surface area contributed by atoms with E-state index in [0.29, 0.717) is 16.3 Å². The van der Waals surface area contributed by atoms with Gasteiger partial charge in [-0.2, -0.15) is 0 Å². The number of anilines is 1. The monoisotopic (exact) mass is 280 g/mol. The van der Waals surface area contributed by atoms with Crippen molar-refractivity contribution in [2.45, 2.75) is 0 Å². The van der Waals surface area contributed by atoms with E-state index in [-0.39, 0.29) is 6.61 Å². The molecule has 1 aliphatic heterocycles. The SMILES string of the molecule is [2H]C1([2H])OC([2H])([2H])C([2H])([2H])N(CCOc2ccc(N)c3ccccc23)C1([2H])[2H]. The minimum absolute atomic E-state index is 0.209. The molecule has 106 valence electrons. The maximum absolute atomic E-state index is 7.97. The molecule has 4 nitrogen and oxygen atoms in total. The lowest BCUT2D eigenvalue weighted by molar-refractivity contribution is 0.0323. The van der Waals surface area contributed by atoms with E-state index < -0.39 is 32.7 Å². The number of nitrogens with two attached hydrogens (primary N) is 1. The van der Waals surface area contributed by atoms with Crippen LogP contribution in [0.2, 0.25) is 0 Å². The summed E-state index contributed by atoms with van der Waals surface area (Å²) < 4.78 is 72.8. The largest absolute Gasteiger partial charge is 0.492 e. The number of benzene rings is 2. The fourth-order valence-corrected chi connectivity index (χ4v) is 1.99. The van der Waals surface area contributed by atoms with Gasteiger partial charge in [-0.1, -0.05) is 24.3 Å². The molecule has 1 fully saturated rings. The second kappa shape index (κ2) is 6.11. The topological polar surface area (TPSA) is 47.7 Å². The molecule has 2 N–H and O–H groups in total. The molecule has 2 aromatic carbocycles. The standard InChI is InChI=1S/C16H20N2O2/c17-15-5-6-16(14-4-2-1-3-13(14)15)20-12-9-18-7-10-19-11-8-18/h1-6H,7-12,17H2/i7D2,8D2,10D2,11D2. The first kappa shape index (κ1) is 6.78. The third kappa shape index (κ3) is 2.86. The fraction of sp³-hybridized carbons (Fsp3) is 0.375. The fourth-order valence-electron chi connectivity index (χ4n) is 1.99. The summed E-state index contributed by atoms with van der Waals surface area (Å²) in [6.45, 7) is -12.6. The highest BCUT2D eigenvalue weighted by molar-refractivity contribution is 5.96. The van der Waals surface area contributed by atoms with Crippen LogP contribution in [0.5, 0.6) is 5.75 Å². The van der Waals surface area contributed by atoms with Gasteiger partial charge in [0, 0.05) is 41.5 Å². The Morgan fingerprint density at radius 2 is 1.90 bits per heavy atom. The van der Waals surface area contributed by atoms with Crippen LogP contribution in [0, 0.1) is 0 Å². The lowest BCUT2D eigenvalue weighted by atomic mass is 10.1. The van der Waals surface area contributed by atoms with Crippen molar-refractivity contribution >= 4 is 16.5 Å². The average molecular weight is 280 g/mol. The van der Waals surface area contributed by atoms with Crippen molar-refractivity contribution in [1.82, 2.24) is 4.90 Å². The van der Waals surface area contributed by atoms with Crippen LogP contribution in [0.3, 0.4) is 0 Å². The highest BCUT2D eigenvalue weighted by Crippen LogP contribution is 2.29. The van der Waals surface area contributed by atoms with Crippen LogP contribution in [0.25, 0.3) is 10.8 Å². The van der Waals surface area contributed by atoms with Gasteiger partial charge in [0.15, 0.2) is 0 Å². The molecule has 1 saturated heterocycles. The summed E-state index contributed by atoms with van der Waals surface area (Å²) in [5.41, 5.74) is 6.50. The molecule has 3 rings (SSSR count). The lowest BCUT2D eigenvalue weighted by Crippen LogP contribution is -2.38. The maximum atomic E-state index is 7.97. The number of morpholine rings is 1. The highest BCUT2D eigenvalue weighted by Gasteiger charge is 2.10. The van der Waals surface area contributed by atoms with Crippen LogP contribution in [0.4, 0.5) is 5.69 Å². The van der Waals surface area contributed by atoms with Gasteiger partial charge >= 0.3 is 0 Å². The molecule has 0 unspecified atom stereocenters. The van der Waals surface area contributed by atoms with Crippen molar-refractivity contribution < 1.29 is 20.4 Å². The smallest absolute Gasteiger partial charge is 0.127 e. The third-order valence-electron chi connectivity index (χ3n) is 2.95. The quantitative estimate of drug-likeness (QED) is 0.872.